The van der Waals surface area contributed by atoms with Gasteiger partial charge in [-0.25, -0.2) is 4.98 Å². The van der Waals surface area contributed by atoms with Crippen molar-refractivity contribution in [3.05, 3.63) is 88.3 Å². The number of carbonyl (C=O) groups excluding carboxylic acids is 1. The first kappa shape index (κ1) is 22.6. The van der Waals surface area contributed by atoms with E-state index in [0.29, 0.717) is 10.4 Å². The maximum atomic E-state index is 12.0. The maximum absolute atomic E-state index is 12.0. The van der Waals surface area contributed by atoms with Crippen molar-refractivity contribution in [1.82, 2.24) is 14.1 Å². The number of imidazole rings is 1. The van der Waals surface area contributed by atoms with Crippen molar-refractivity contribution in [3.8, 4) is 28.7 Å². The highest BCUT2D eigenvalue weighted by atomic mass is 32.1. The highest BCUT2D eigenvalue weighted by Crippen LogP contribution is 2.38. The minimum atomic E-state index is -0.415. The Morgan fingerprint density at radius 1 is 1.11 bits per heavy atom. The summed E-state index contributed by atoms with van der Waals surface area (Å²) in [6, 6.07) is 18.5. The quantitative estimate of drug-likeness (QED) is 0.320. The molecular formula is C28H25N5OS. The number of aryl methyl sites for hydroxylation is 3. The zero-order valence-electron chi connectivity index (χ0n) is 19.9. The van der Waals surface area contributed by atoms with Gasteiger partial charge in [-0.1, -0.05) is 19.4 Å². The van der Waals surface area contributed by atoms with Crippen LogP contribution < -0.4 is 5.73 Å². The van der Waals surface area contributed by atoms with Gasteiger partial charge in [0.2, 0.25) is 5.91 Å². The molecule has 0 unspecified atom stereocenters. The van der Waals surface area contributed by atoms with E-state index in [1.54, 1.807) is 6.20 Å². The predicted molar refractivity (Wildman–Crippen MR) is 140 cm³/mol. The first-order chi connectivity index (χ1) is 16.9. The van der Waals surface area contributed by atoms with Crippen molar-refractivity contribution in [1.29, 1.82) is 5.26 Å². The molecule has 2 aromatic carbocycles. The summed E-state index contributed by atoms with van der Waals surface area (Å²) in [4.78, 5) is 17.0. The van der Waals surface area contributed by atoms with E-state index in [1.165, 1.54) is 11.3 Å². The van der Waals surface area contributed by atoms with Gasteiger partial charge in [-0.2, -0.15) is 5.26 Å². The van der Waals surface area contributed by atoms with Gasteiger partial charge in [0, 0.05) is 34.9 Å². The van der Waals surface area contributed by atoms with Crippen LogP contribution in [-0.2, 0) is 6.42 Å². The number of aromatic nitrogens is 3. The van der Waals surface area contributed by atoms with Crippen LogP contribution >= 0.6 is 11.3 Å². The molecule has 174 valence electrons. The van der Waals surface area contributed by atoms with Crippen LogP contribution in [0.2, 0.25) is 0 Å². The van der Waals surface area contributed by atoms with Gasteiger partial charge < -0.3 is 14.9 Å². The topological polar surface area (TPSA) is 89.6 Å². The molecule has 0 bridgehead atoms. The number of fused-ring (bicyclic) bond motifs is 1. The summed E-state index contributed by atoms with van der Waals surface area (Å²) in [5, 5.41) is 9.50. The lowest BCUT2D eigenvalue weighted by Gasteiger charge is -2.16. The Morgan fingerprint density at radius 3 is 2.57 bits per heavy atom. The number of rotatable bonds is 6. The molecule has 0 atom stereocenters. The van der Waals surface area contributed by atoms with E-state index in [2.05, 4.69) is 64.4 Å². The van der Waals surface area contributed by atoms with E-state index < -0.39 is 5.91 Å². The number of nitrogens with zero attached hydrogens (tertiary/aromatic N) is 4. The summed E-state index contributed by atoms with van der Waals surface area (Å²) in [5.74, 6) is 0.518. The second-order valence-electron chi connectivity index (χ2n) is 8.64. The molecule has 1 amide bonds. The number of carbonyl (C=O) groups is 1. The lowest BCUT2D eigenvalue weighted by Crippen LogP contribution is -2.14. The van der Waals surface area contributed by atoms with Gasteiger partial charge >= 0.3 is 0 Å². The van der Waals surface area contributed by atoms with Gasteiger partial charge in [0.15, 0.2) is 0 Å². The van der Waals surface area contributed by atoms with Gasteiger partial charge in [0.05, 0.1) is 15.9 Å². The largest absolute Gasteiger partial charge is 0.366 e. The van der Waals surface area contributed by atoms with Crippen molar-refractivity contribution in [2.24, 2.45) is 5.73 Å². The molecule has 3 aromatic heterocycles. The van der Waals surface area contributed by atoms with Crippen LogP contribution in [0.1, 0.15) is 45.5 Å². The highest BCUT2D eigenvalue weighted by Gasteiger charge is 2.19. The molecule has 5 rings (SSSR count). The predicted octanol–water partition coefficient (Wildman–Crippen LogP) is 6.08. The van der Waals surface area contributed by atoms with Crippen LogP contribution in [0.3, 0.4) is 0 Å². The van der Waals surface area contributed by atoms with Crippen molar-refractivity contribution >= 4 is 27.5 Å². The summed E-state index contributed by atoms with van der Waals surface area (Å²) >= 11 is 1.48. The molecule has 0 saturated heterocycles. The summed E-state index contributed by atoms with van der Waals surface area (Å²) in [7, 11) is 0. The van der Waals surface area contributed by atoms with Crippen molar-refractivity contribution in [3.63, 3.8) is 0 Å². The fourth-order valence-electron chi connectivity index (χ4n) is 4.70. The molecule has 35 heavy (non-hydrogen) atoms. The van der Waals surface area contributed by atoms with Crippen molar-refractivity contribution in [2.45, 2.75) is 33.6 Å². The Balaban J connectivity index is 1.72. The number of hydrogen-bond acceptors (Lipinski definition) is 4. The molecule has 7 heteroatoms. The average molecular weight is 480 g/mol. The standard InChI is InChI=1S/C28H25N5OS/c1-4-5-19-13-21(7-9-24(19)28(30)34)33-25(15-27-26(33)14-22(16-29)35-27)23-8-6-20(12-17(23)2)32-11-10-31-18(32)3/h6-15H,4-5H2,1-3H3,(H2,30,34). The third-order valence-electron chi connectivity index (χ3n) is 6.32. The second kappa shape index (κ2) is 8.90. The van der Waals surface area contributed by atoms with E-state index in [0.717, 1.165) is 62.6 Å². The average Bonchev–Trinajstić information content (AvgIpc) is 3.53. The molecule has 5 aromatic rings. The molecular weight excluding hydrogens is 454 g/mol. The van der Waals surface area contributed by atoms with E-state index in [4.69, 9.17) is 5.73 Å². The molecule has 0 aliphatic heterocycles. The number of amides is 1. The first-order valence-corrected chi connectivity index (χ1v) is 12.3. The van der Waals surface area contributed by atoms with Crippen LogP contribution in [0, 0.1) is 25.2 Å². The minimum absolute atomic E-state index is 0.415. The van der Waals surface area contributed by atoms with Crippen molar-refractivity contribution < 1.29 is 4.79 Å². The molecule has 0 aliphatic rings. The summed E-state index contributed by atoms with van der Waals surface area (Å²) in [6.45, 7) is 6.18. The third kappa shape index (κ3) is 3.92. The fourth-order valence-corrected chi connectivity index (χ4v) is 5.57. The van der Waals surface area contributed by atoms with E-state index >= 15 is 0 Å². The molecule has 2 N–H and O–H groups in total. The van der Waals surface area contributed by atoms with E-state index in [1.807, 2.05) is 31.3 Å². The lowest BCUT2D eigenvalue weighted by molar-refractivity contribution is 0.0999. The number of hydrogen-bond donors (Lipinski definition) is 1. The molecule has 0 spiro atoms. The zero-order chi connectivity index (χ0) is 24.7. The van der Waals surface area contributed by atoms with Crippen LogP contribution in [0.5, 0.6) is 0 Å². The summed E-state index contributed by atoms with van der Waals surface area (Å²) in [5.41, 5.74) is 13.4. The van der Waals surface area contributed by atoms with Crippen molar-refractivity contribution in [2.75, 3.05) is 0 Å². The van der Waals surface area contributed by atoms with E-state index in [-0.39, 0.29) is 0 Å². The molecule has 0 saturated carbocycles. The summed E-state index contributed by atoms with van der Waals surface area (Å²) in [6.07, 6.45) is 5.43. The molecule has 0 radical (unpaired) electrons. The first-order valence-electron chi connectivity index (χ1n) is 11.5. The van der Waals surface area contributed by atoms with Gasteiger partial charge in [0.25, 0.3) is 0 Å². The van der Waals surface area contributed by atoms with Gasteiger partial charge in [-0.3, -0.25) is 4.79 Å². The molecule has 0 fully saturated rings. The number of nitrogens with two attached hydrogens (primary N) is 1. The molecule has 6 nitrogen and oxygen atoms in total. The Hall–Kier alpha value is -4.15. The number of primary amides is 1. The van der Waals surface area contributed by atoms with E-state index in [9.17, 15) is 10.1 Å². The number of benzene rings is 2. The Morgan fingerprint density at radius 2 is 1.91 bits per heavy atom. The molecule has 3 heterocycles. The Bertz CT molecular complexity index is 1630. The number of thiophene rings is 1. The number of nitriles is 1. The van der Waals surface area contributed by atoms with Crippen LogP contribution in [0.4, 0.5) is 0 Å². The Kier molecular flexibility index (Phi) is 5.75. The molecule has 0 aliphatic carbocycles. The SMILES string of the molecule is CCCc1cc(-n2c(-c3ccc(-n4ccnc4C)cc3C)cc3sc(C#N)cc32)ccc1C(N)=O. The van der Waals surface area contributed by atoms with Gasteiger partial charge in [-0.15, -0.1) is 11.3 Å². The second-order valence-corrected chi connectivity index (χ2v) is 9.72. The monoisotopic (exact) mass is 479 g/mol. The highest BCUT2D eigenvalue weighted by molar-refractivity contribution is 7.19. The van der Waals surface area contributed by atoms with Crippen LogP contribution in [0.25, 0.3) is 32.8 Å². The fraction of sp³-hybridized carbons (Fsp3) is 0.179. The van der Waals surface area contributed by atoms with Gasteiger partial charge in [0.1, 0.15) is 16.8 Å². The normalized spacial score (nSPS) is 11.1. The maximum Gasteiger partial charge on any atom is 0.248 e. The Labute approximate surface area is 207 Å². The smallest absolute Gasteiger partial charge is 0.248 e. The van der Waals surface area contributed by atoms with Gasteiger partial charge in [-0.05, 0) is 73.9 Å². The van der Waals surface area contributed by atoms with Crippen LogP contribution in [-0.4, -0.2) is 20.0 Å². The summed E-state index contributed by atoms with van der Waals surface area (Å²) < 4.78 is 5.29. The third-order valence-corrected chi connectivity index (χ3v) is 7.30. The lowest BCUT2D eigenvalue weighted by atomic mass is 10.0. The van der Waals surface area contributed by atoms with Crippen LogP contribution in [0.15, 0.2) is 60.9 Å². The zero-order valence-corrected chi connectivity index (χ0v) is 20.7. The minimum Gasteiger partial charge on any atom is -0.366 e.